The molecule has 0 aliphatic heterocycles. The highest BCUT2D eigenvalue weighted by molar-refractivity contribution is 7.90. The molecule has 0 aliphatic rings. The Balaban J connectivity index is 3.35. The third-order valence-corrected chi connectivity index (χ3v) is 4.22. The van der Waals surface area contributed by atoms with E-state index in [4.69, 9.17) is 14.6 Å². The van der Waals surface area contributed by atoms with Crippen LogP contribution in [-0.2, 0) is 14.6 Å². The van der Waals surface area contributed by atoms with Gasteiger partial charge in [0.05, 0.1) is 11.5 Å². The Hall–Kier alpha value is -2.24. The van der Waals surface area contributed by atoms with E-state index in [0.717, 1.165) is 18.4 Å². The lowest BCUT2D eigenvalue weighted by molar-refractivity contribution is -0.385. The molecule has 0 radical (unpaired) electrons. The number of carbonyl (C=O) groups is 1. The number of nitro groups is 1. The SMILES string of the molecule is CC(C)(C)OC(=O)c1cc(OCCNCCO)c(S(C)(=O)=O)cc1[N+](=O)[O-]. The number of benzene rings is 1. The van der Waals surface area contributed by atoms with Crippen LogP contribution in [0.2, 0.25) is 0 Å². The van der Waals surface area contributed by atoms with E-state index in [1.807, 2.05) is 0 Å². The Morgan fingerprint density at radius 2 is 1.93 bits per heavy atom. The van der Waals surface area contributed by atoms with E-state index < -0.39 is 42.5 Å². The van der Waals surface area contributed by atoms with Crippen LogP contribution in [-0.4, -0.2) is 62.6 Å². The number of nitrogens with zero attached hydrogens (tertiary/aromatic N) is 1. The van der Waals surface area contributed by atoms with Gasteiger partial charge in [0, 0.05) is 31.5 Å². The number of aliphatic hydroxyl groups excluding tert-OH is 1. The molecule has 0 spiro atoms. The van der Waals surface area contributed by atoms with Gasteiger partial charge in [-0.1, -0.05) is 0 Å². The molecule has 0 unspecified atom stereocenters. The fourth-order valence-electron chi connectivity index (χ4n) is 2.04. The van der Waals surface area contributed by atoms with Crippen molar-refractivity contribution < 1.29 is 32.7 Å². The second-order valence-corrected chi connectivity index (χ2v) is 8.65. The minimum absolute atomic E-state index is 0.0219. The van der Waals surface area contributed by atoms with Crippen molar-refractivity contribution in [3.05, 3.63) is 27.8 Å². The van der Waals surface area contributed by atoms with Crippen LogP contribution in [0.25, 0.3) is 0 Å². The summed E-state index contributed by atoms with van der Waals surface area (Å²) >= 11 is 0. The summed E-state index contributed by atoms with van der Waals surface area (Å²) in [6.45, 7) is 5.38. The predicted molar refractivity (Wildman–Crippen MR) is 96.8 cm³/mol. The Labute approximate surface area is 157 Å². The molecule has 0 aromatic heterocycles. The number of ether oxygens (including phenoxy) is 2. The van der Waals surface area contributed by atoms with E-state index in [-0.39, 0.29) is 19.0 Å². The average molecular weight is 404 g/mol. The highest BCUT2D eigenvalue weighted by Crippen LogP contribution is 2.33. The molecule has 2 N–H and O–H groups in total. The third-order valence-electron chi connectivity index (χ3n) is 3.10. The lowest BCUT2D eigenvalue weighted by Crippen LogP contribution is -2.25. The normalized spacial score (nSPS) is 11.9. The van der Waals surface area contributed by atoms with Gasteiger partial charge in [-0.3, -0.25) is 10.1 Å². The molecule has 1 rings (SSSR count). The van der Waals surface area contributed by atoms with Gasteiger partial charge in [0.15, 0.2) is 9.84 Å². The van der Waals surface area contributed by atoms with Gasteiger partial charge in [0.1, 0.15) is 28.4 Å². The van der Waals surface area contributed by atoms with Gasteiger partial charge in [-0.05, 0) is 20.8 Å². The Kier molecular flexibility index (Phi) is 7.69. The van der Waals surface area contributed by atoms with Crippen LogP contribution in [0.3, 0.4) is 0 Å². The average Bonchev–Trinajstić information content (AvgIpc) is 2.51. The standard InChI is InChI=1S/C16H24N2O8S/c1-16(2,3)26-15(20)11-9-13(25-8-6-17-5-7-19)14(27(4,23)24)10-12(11)18(21)22/h9-10,17,19H,5-8H2,1-4H3. The van der Waals surface area contributed by atoms with Gasteiger partial charge < -0.3 is 19.9 Å². The number of rotatable bonds is 9. The summed E-state index contributed by atoms with van der Waals surface area (Å²) in [6.07, 6.45) is 0.885. The summed E-state index contributed by atoms with van der Waals surface area (Å²) < 4.78 is 34.6. The number of sulfone groups is 1. The number of nitrogens with one attached hydrogen (secondary N) is 1. The van der Waals surface area contributed by atoms with Gasteiger partial charge >= 0.3 is 5.97 Å². The van der Waals surface area contributed by atoms with Crippen LogP contribution in [0.5, 0.6) is 5.75 Å². The molecule has 0 saturated carbocycles. The molecule has 0 heterocycles. The summed E-state index contributed by atoms with van der Waals surface area (Å²) in [7, 11) is -3.86. The molecule has 27 heavy (non-hydrogen) atoms. The summed E-state index contributed by atoms with van der Waals surface area (Å²) in [4.78, 5) is 22.4. The molecule has 0 saturated heterocycles. The minimum Gasteiger partial charge on any atom is -0.491 e. The van der Waals surface area contributed by atoms with E-state index in [1.54, 1.807) is 20.8 Å². The number of aliphatic hydroxyl groups is 1. The monoisotopic (exact) mass is 404 g/mol. The van der Waals surface area contributed by atoms with E-state index in [0.29, 0.717) is 13.1 Å². The van der Waals surface area contributed by atoms with Gasteiger partial charge in [-0.25, -0.2) is 13.2 Å². The molecular weight excluding hydrogens is 380 g/mol. The zero-order chi connectivity index (χ0) is 20.8. The quantitative estimate of drug-likeness (QED) is 0.265. The van der Waals surface area contributed by atoms with Crippen LogP contribution in [0.15, 0.2) is 17.0 Å². The van der Waals surface area contributed by atoms with Crippen LogP contribution < -0.4 is 10.1 Å². The maximum absolute atomic E-state index is 12.3. The molecule has 0 aliphatic carbocycles. The second kappa shape index (κ2) is 9.11. The maximum atomic E-state index is 12.3. The van der Waals surface area contributed by atoms with E-state index >= 15 is 0 Å². The van der Waals surface area contributed by atoms with Gasteiger partial charge in [0.2, 0.25) is 0 Å². The molecule has 10 nitrogen and oxygen atoms in total. The predicted octanol–water partition coefficient (Wildman–Crippen LogP) is 0.914. The number of hydrogen-bond donors (Lipinski definition) is 2. The fourth-order valence-corrected chi connectivity index (χ4v) is 2.85. The molecule has 152 valence electrons. The van der Waals surface area contributed by atoms with Crippen molar-refractivity contribution in [3.8, 4) is 5.75 Å². The highest BCUT2D eigenvalue weighted by Gasteiger charge is 2.30. The van der Waals surface area contributed by atoms with E-state index in [9.17, 15) is 23.3 Å². The second-order valence-electron chi connectivity index (χ2n) is 6.67. The molecule has 0 amide bonds. The van der Waals surface area contributed by atoms with Crippen LogP contribution in [0.1, 0.15) is 31.1 Å². The first kappa shape index (κ1) is 22.8. The zero-order valence-corrected chi connectivity index (χ0v) is 16.5. The highest BCUT2D eigenvalue weighted by atomic mass is 32.2. The largest absolute Gasteiger partial charge is 0.491 e. The van der Waals surface area contributed by atoms with Crippen molar-refractivity contribution in [1.29, 1.82) is 0 Å². The van der Waals surface area contributed by atoms with Crippen molar-refractivity contribution in [2.45, 2.75) is 31.3 Å². The van der Waals surface area contributed by atoms with Gasteiger partial charge in [-0.2, -0.15) is 0 Å². The molecule has 1 aromatic carbocycles. The van der Waals surface area contributed by atoms with E-state index in [2.05, 4.69) is 5.32 Å². The molecule has 0 bridgehead atoms. The van der Waals surface area contributed by atoms with E-state index in [1.165, 1.54) is 0 Å². The van der Waals surface area contributed by atoms with Crippen molar-refractivity contribution in [3.63, 3.8) is 0 Å². The lowest BCUT2D eigenvalue weighted by Gasteiger charge is -2.20. The maximum Gasteiger partial charge on any atom is 0.345 e. The number of carbonyl (C=O) groups excluding carboxylic acids is 1. The smallest absolute Gasteiger partial charge is 0.345 e. The molecule has 0 atom stereocenters. The Bertz CT molecular complexity index is 799. The van der Waals surface area contributed by atoms with Crippen LogP contribution >= 0.6 is 0 Å². The van der Waals surface area contributed by atoms with Crippen molar-refractivity contribution in [2.24, 2.45) is 0 Å². The summed E-state index contributed by atoms with van der Waals surface area (Å²) in [6, 6.07) is 1.81. The summed E-state index contributed by atoms with van der Waals surface area (Å²) in [5.41, 5.74) is -1.98. The molecule has 11 heteroatoms. The Morgan fingerprint density at radius 3 is 2.41 bits per heavy atom. The molecule has 0 fully saturated rings. The van der Waals surface area contributed by atoms with Crippen LogP contribution in [0.4, 0.5) is 5.69 Å². The lowest BCUT2D eigenvalue weighted by atomic mass is 10.1. The number of hydrogen-bond acceptors (Lipinski definition) is 9. The van der Waals surface area contributed by atoms with Crippen molar-refractivity contribution in [1.82, 2.24) is 5.32 Å². The van der Waals surface area contributed by atoms with Crippen molar-refractivity contribution >= 4 is 21.5 Å². The zero-order valence-electron chi connectivity index (χ0n) is 15.6. The van der Waals surface area contributed by atoms with Crippen molar-refractivity contribution in [2.75, 3.05) is 32.6 Å². The number of esters is 1. The molecule has 1 aromatic rings. The summed E-state index contributed by atoms with van der Waals surface area (Å²) in [5, 5.41) is 22.9. The fraction of sp³-hybridized carbons (Fsp3) is 0.562. The van der Waals surface area contributed by atoms with Crippen LogP contribution in [0, 0.1) is 10.1 Å². The Morgan fingerprint density at radius 1 is 1.30 bits per heavy atom. The third kappa shape index (κ3) is 7.12. The first-order valence-electron chi connectivity index (χ1n) is 8.07. The first-order valence-corrected chi connectivity index (χ1v) is 9.96. The van der Waals surface area contributed by atoms with Gasteiger partial charge in [0.25, 0.3) is 5.69 Å². The molecular formula is C16H24N2O8S. The topological polar surface area (TPSA) is 145 Å². The first-order chi connectivity index (χ1) is 12.4. The summed E-state index contributed by atoms with van der Waals surface area (Å²) in [5.74, 6) is -1.15. The minimum atomic E-state index is -3.86. The van der Waals surface area contributed by atoms with Gasteiger partial charge in [-0.15, -0.1) is 0 Å². The number of nitro benzene ring substituents is 1.